The molecule has 0 spiro atoms. The summed E-state index contributed by atoms with van der Waals surface area (Å²) in [5.74, 6) is -0.212. The van der Waals surface area contributed by atoms with Crippen LogP contribution in [-0.2, 0) is 14.6 Å². The van der Waals surface area contributed by atoms with Crippen molar-refractivity contribution in [3.8, 4) is 0 Å². The molecule has 3 nitrogen and oxygen atoms in total. The average Bonchev–Trinajstić information content (AvgIpc) is 2.30. The van der Waals surface area contributed by atoms with E-state index in [0.29, 0.717) is 0 Å². The fourth-order valence-electron chi connectivity index (χ4n) is 1.14. The first kappa shape index (κ1) is 15.6. The summed E-state index contributed by atoms with van der Waals surface area (Å²) in [5.41, 5.74) is 1.01. The van der Waals surface area contributed by atoms with Gasteiger partial charge in [0.25, 0.3) is 0 Å². The first-order valence-corrected chi connectivity index (χ1v) is 6.86. The molecule has 1 rings (SSSR count). The van der Waals surface area contributed by atoms with E-state index in [1.807, 2.05) is 6.92 Å². The van der Waals surface area contributed by atoms with Gasteiger partial charge in [0.15, 0.2) is 9.84 Å². The molecule has 0 unspecified atom stereocenters. The van der Waals surface area contributed by atoms with Crippen molar-refractivity contribution < 1.29 is 13.2 Å². The Bertz CT molecular complexity index is 458. The summed E-state index contributed by atoms with van der Waals surface area (Å²) in [7, 11) is -3.29. The quantitative estimate of drug-likeness (QED) is 0.776. The Hall–Kier alpha value is -1.42. The van der Waals surface area contributed by atoms with Gasteiger partial charge in [-0.25, -0.2) is 8.42 Å². The Kier molecular flexibility index (Phi) is 6.43. The van der Waals surface area contributed by atoms with Crippen LogP contribution in [0.4, 0.5) is 0 Å². The van der Waals surface area contributed by atoms with E-state index in [0.717, 1.165) is 5.56 Å². The van der Waals surface area contributed by atoms with Gasteiger partial charge in [-0.2, -0.15) is 0 Å². The normalized spacial score (nSPS) is 10.2. The van der Waals surface area contributed by atoms with Crippen molar-refractivity contribution in [2.75, 3.05) is 5.75 Å². The van der Waals surface area contributed by atoms with E-state index in [4.69, 9.17) is 0 Å². The molecule has 0 saturated heterocycles. The van der Waals surface area contributed by atoms with E-state index in [1.54, 1.807) is 24.3 Å². The van der Waals surface area contributed by atoms with Crippen LogP contribution in [0.5, 0.6) is 0 Å². The van der Waals surface area contributed by atoms with E-state index in [9.17, 15) is 13.2 Å². The standard InChI is InChI=1S/C11H14O3S.C2H4/c1-9-3-5-11(6-4-9)15(13,14)8-7-10(2)12;1-2/h3-6H,7-8H2,1-2H3;1-2H2. The zero-order valence-electron chi connectivity index (χ0n) is 10.3. The molecular formula is C13H18O3S. The molecule has 0 N–H and O–H groups in total. The van der Waals surface area contributed by atoms with Gasteiger partial charge < -0.3 is 0 Å². The van der Waals surface area contributed by atoms with Crippen molar-refractivity contribution >= 4 is 15.6 Å². The predicted octanol–water partition coefficient (Wildman–Crippen LogP) is 2.55. The molecular weight excluding hydrogens is 236 g/mol. The number of sulfone groups is 1. The van der Waals surface area contributed by atoms with Crippen LogP contribution in [-0.4, -0.2) is 20.0 Å². The Balaban J connectivity index is 0.00000121. The monoisotopic (exact) mass is 254 g/mol. The van der Waals surface area contributed by atoms with Crippen LogP contribution in [0.2, 0.25) is 0 Å². The number of hydrogen-bond acceptors (Lipinski definition) is 3. The molecule has 0 radical (unpaired) electrons. The van der Waals surface area contributed by atoms with Crippen molar-refractivity contribution in [3.05, 3.63) is 43.0 Å². The Morgan fingerprint density at radius 2 is 1.65 bits per heavy atom. The first-order chi connectivity index (χ1) is 7.92. The highest BCUT2D eigenvalue weighted by Crippen LogP contribution is 2.12. The summed E-state index contributed by atoms with van der Waals surface area (Å²) >= 11 is 0. The second kappa shape index (κ2) is 7.01. The highest BCUT2D eigenvalue weighted by molar-refractivity contribution is 7.91. The molecule has 17 heavy (non-hydrogen) atoms. The van der Waals surface area contributed by atoms with Crippen LogP contribution in [0, 0.1) is 6.92 Å². The number of benzene rings is 1. The molecule has 0 amide bonds. The maximum absolute atomic E-state index is 11.7. The Morgan fingerprint density at radius 3 is 2.06 bits per heavy atom. The van der Waals surface area contributed by atoms with Crippen molar-refractivity contribution in [2.45, 2.75) is 25.2 Å². The number of carbonyl (C=O) groups excluding carboxylic acids is 1. The van der Waals surface area contributed by atoms with Crippen molar-refractivity contribution in [2.24, 2.45) is 0 Å². The van der Waals surface area contributed by atoms with E-state index < -0.39 is 9.84 Å². The zero-order valence-corrected chi connectivity index (χ0v) is 11.1. The topological polar surface area (TPSA) is 51.2 Å². The van der Waals surface area contributed by atoms with Crippen LogP contribution in [0.3, 0.4) is 0 Å². The van der Waals surface area contributed by atoms with Gasteiger partial charge in [0.1, 0.15) is 5.78 Å². The number of Topliss-reactive ketones (excluding diaryl/α,β-unsaturated/α-hetero) is 1. The van der Waals surface area contributed by atoms with Crippen LogP contribution in [0.25, 0.3) is 0 Å². The van der Waals surface area contributed by atoms with Crippen molar-refractivity contribution in [3.63, 3.8) is 0 Å². The van der Waals surface area contributed by atoms with Gasteiger partial charge in [-0.3, -0.25) is 4.79 Å². The molecule has 0 bridgehead atoms. The lowest BCUT2D eigenvalue weighted by molar-refractivity contribution is -0.116. The van der Waals surface area contributed by atoms with Gasteiger partial charge >= 0.3 is 0 Å². The highest BCUT2D eigenvalue weighted by atomic mass is 32.2. The minimum atomic E-state index is -3.29. The van der Waals surface area contributed by atoms with Gasteiger partial charge in [-0.15, -0.1) is 13.2 Å². The molecule has 1 aromatic carbocycles. The van der Waals surface area contributed by atoms with E-state index in [1.165, 1.54) is 6.92 Å². The summed E-state index contributed by atoms with van der Waals surface area (Å²) in [6.45, 7) is 9.29. The molecule has 0 aliphatic carbocycles. The lowest BCUT2D eigenvalue weighted by Crippen LogP contribution is -2.09. The number of rotatable bonds is 4. The summed E-state index contributed by atoms with van der Waals surface area (Å²) in [5, 5.41) is 0. The summed E-state index contributed by atoms with van der Waals surface area (Å²) in [6.07, 6.45) is 0.0796. The van der Waals surface area contributed by atoms with Gasteiger partial charge in [0, 0.05) is 6.42 Å². The molecule has 4 heteroatoms. The van der Waals surface area contributed by atoms with E-state index in [-0.39, 0.29) is 22.9 Å². The Labute approximate surface area is 103 Å². The summed E-state index contributed by atoms with van der Waals surface area (Å²) in [6, 6.07) is 6.65. The average molecular weight is 254 g/mol. The lowest BCUT2D eigenvalue weighted by Gasteiger charge is -2.03. The minimum Gasteiger partial charge on any atom is -0.300 e. The van der Waals surface area contributed by atoms with E-state index >= 15 is 0 Å². The predicted molar refractivity (Wildman–Crippen MR) is 69.8 cm³/mol. The molecule has 0 heterocycles. The fraction of sp³-hybridized carbons (Fsp3) is 0.308. The number of carbonyl (C=O) groups is 1. The van der Waals surface area contributed by atoms with Crippen LogP contribution < -0.4 is 0 Å². The maximum atomic E-state index is 11.7. The smallest absolute Gasteiger partial charge is 0.178 e. The highest BCUT2D eigenvalue weighted by Gasteiger charge is 2.14. The van der Waals surface area contributed by atoms with Crippen LogP contribution >= 0.6 is 0 Å². The lowest BCUT2D eigenvalue weighted by atomic mass is 10.2. The number of hydrogen-bond donors (Lipinski definition) is 0. The first-order valence-electron chi connectivity index (χ1n) is 5.21. The molecule has 1 aromatic rings. The molecule has 0 atom stereocenters. The van der Waals surface area contributed by atoms with Gasteiger partial charge in [0.05, 0.1) is 10.6 Å². The Morgan fingerprint density at radius 1 is 1.18 bits per heavy atom. The summed E-state index contributed by atoms with van der Waals surface area (Å²) < 4.78 is 23.4. The summed E-state index contributed by atoms with van der Waals surface area (Å²) in [4.78, 5) is 11.0. The van der Waals surface area contributed by atoms with Crippen molar-refractivity contribution in [1.82, 2.24) is 0 Å². The number of ketones is 1. The fourth-order valence-corrected chi connectivity index (χ4v) is 2.48. The third kappa shape index (κ3) is 5.45. The van der Waals surface area contributed by atoms with E-state index in [2.05, 4.69) is 13.2 Å². The molecule has 0 aliphatic rings. The van der Waals surface area contributed by atoms with Gasteiger partial charge in [-0.05, 0) is 26.0 Å². The zero-order chi connectivity index (χ0) is 13.5. The third-order valence-electron chi connectivity index (χ3n) is 2.10. The second-order valence-electron chi connectivity index (χ2n) is 3.58. The molecule has 0 saturated carbocycles. The third-order valence-corrected chi connectivity index (χ3v) is 3.83. The largest absolute Gasteiger partial charge is 0.300 e. The SMILES string of the molecule is C=C.CC(=O)CCS(=O)(=O)c1ccc(C)cc1. The van der Waals surface area contributed by atoms with Gasteiger partial charge in [-0.1, -0.05) is 17.7 Å². The number of aryl methyl sites for hydroxylation is 1. The molecule has 0 fully saturated rings. The second-order valence-corrected chi connectivity index (χ2v) is 5.69. The van der Waals surface area contributed by atoms with Crippen LogP contribution in [0.15, 0.2) is 42.3 Å². The van der Waals surface area contributed by atoms with Gasteiger partial charge in [0.2, 0.25) is 0 Å². The minimum absolute atomic E-state index is 0.0796. The molecule has 94 valence electrons. The molecule has 0 aromatic heterocycles. The van der Waals surface area contributed by atoms with Crippen molar-refractivity contribution in [1.29, 1.82) is 0 Å². The molecule has 0 aliphatic heterocycles. The maximum Gasteiger partial charge on any atom is 0.178 e. The van der Waals surface area contributed by atoms with Crippen LogP contribution in [0.1, 0.15) is 18.9 Å².